The van der Waals surface area contributed by atoms with Crippen LogP contribution < -0.4 is 10.5 Å². The highest BCUT2D eigenvalue weighted by molar-refractivity contribution is 6.42. The van der Waals surface area contributed by atoms with Gasteiger partial charge in [0.15, 0.2) is 5.78 Å². The number of benzene rings is 2. The van der Waals surface area contributed by atoms with Crippen molar-refractivity contribution in [1.82, 2.24) is 0 Å². The lowest BCUT2D eigenvalue weighted by Crippen LogP contribution is -2.26. The number of ketones is 1. The van der Waals surface area contributed by atoms with E-state index in [1.807, 2.05) is 0 Å². The molecule has 1 unspecified atom stereocenters. The zero-order valence-electron chi connectivity index (χ0n) is 13.6. The lowest BCUT2D eigenvalue weighted by molar-refractivity contribution is 0.0256. The van der Waals surface area contributed by atoms with Crippen LogP contribution in [-0.4, -0.2) is 25.1 Å². The molecular weight excluding hydrogens is 361 g/mol. The van der Waals surface area contributed by atoms with Crippen LogP contribution in [0.15, 0.2) is 42.5 Å². The Hall–Kier alpha value is -1.59. The highest BCUT2D eigenvalue weighted by Crippen LogP contribution is 2.27. The fourth-order valence-corrected chi connectivity index (χ4v) is 3.03. The number of halogens is 2. The zero-order chi connectivity index (χ0) is 17.8. The van der Waals surface area contributed by atoms with Gasteiger partial charge in [-0.1, -0.05) is 29.3 Å². The second-order valence-corrected chi connectivity index (χ2v) is 6.78. The Bertz CT molecular complexity index is 743. The predicted octanol–water partition coefficient (Wildman–Crippen LogP) is 4.43. The van der Waals surface area contributed by atoms with E-state index in [4.69, 9.17) is 38.4 Å². The summed E-state index contributed by atoms with van der Waals surface area (Å²) in [7, 11) is 0. The highest BCUT2D eigenvalue weighted by Gasteiger charge is 2.19. The largest absolute Gasteiger partial charge is 0.490 e. The van der Waals surface area contributed by atoms with Gasteiger partial charge >= 0.3 is 0 Å². The molecule has 1 aliphatic rings. The van der Waals surface area contributed by atoms with Crippen molar-refractivity contribution in [2.45, 2.75) is 25.0 Å². The lowest BCUT2D eigenvalue weighted by atomic mass is 9.98. The number of nitrogens with two attached hydrogens (primary N) is 1. The van der Waals surface area contributed by atoms with Gasteiger partial charge < -0.3 is 15.2 Å². The number of hydrogen-bond acceptors (Lipinski definition) is 4. The molecule has 1 saturated heterocycles. The van der Waals surface area contributed by atoms with Gasteiger partial charge in [-0.2, -0.15) is 0 Å². The first-order chi connectivity index (χ1) is 12.0. The monoisotopic (exact) mass is 379 g/mol. The Labute approximate surface area is 156 Å². The van der Waals surface area contributed by atoms with Crippen molar-refractivity contribution in [2.24, 2.45) is 5.73 Å². The fraction of sp³-hybridized carbons (Fsp3) is 0.316. The van der Waals surface area contributed by atoms with Crippen LogP contribution in [0, 0.1) is 0 Å². The maximum Gasteiger partial charge on any atom is 0.184 e. The van der Waals surface area contributed by atoms with Crippen LogP contribution in [0.1, 0.15) is 34.8 Å². The molecule has 0 amide bonds. The molecule has 0 aliphatic carbocycles. The molecule has 2 aromatic carbocycles. The van der Waals surface area contributed by atoms with Crippen LogP contribution >= 0.6 is 23.2 Å². The maximum atomic E-state index is 12.6. The van der Waals surface area contributed by atoms with Gasteiger partial charge in [-0.05, 0) is 42.0 Å². The minimum absolute atomic E-state index is 0.161. The van der Waals surface area contributed by atoms with Crippen molar-refractivity contribution in [2.75, 3.05) is 13.2 Å². The van der Waals surface area contributed by atoms with Crippen molar-refractivity contribution < 1.29 is 14.3 Å². The summed E-state index contributed by atoms with van der Waals surface area (Å²) < 4.78 is 11.2. The van der Waals surface area contributed by atoms with Gasteiger partial charge in [0.25, 0.3) is 0 Å². The Balaban J connectivity index is 1.68. The van der Waals surface area contributed by atoms with Crippen LogP contribution in [0.3, 0.4) is 0 Å². The predicted molar refractivity (Wildman–Crippen MR) is 98.6 cm³/mol. The molecule has 1 aliphatic heterocycles. The molecule has 4 nitrogen and oxygen atoms in total. The van der Waals surface area contributed by atoms with E-state index < -0.39 is 6.04 Å². The van der Waals surface area contributed by atoms with E-state index in [1.54, 1.807) is 42.5 Å². The van der Waals surface area contributed by atoms with Gasteiger partial charge in [-0.25, -0.2) is 0 Å². The standard InChI is InChI=1S/C19H19Cl2NO3/c20-16-6-3-13(11-17(16)21)18(22)19(23)12-1-4-14(5-2-12)25-15-7-9-24-10-8-15/h1-6,11,15,18H,7-10,22H2. The van der Waals surface area contributed by atoms with E-state index in [9.17, 15) is 4.79 Å². The molecule has 0 aromatic heterocycles. The average Bonchev–Trinajstić information content (AvgIpc) is 2.64. The molecule has 1 atom stereocenters. The van der Waals surface area contributed by atoms with Crippen molar-refractivity contribution in [3.63, 3.8) is 0 Å². The summed E-state index contributed by atoms with van der Waals surface area (Å²) in [6.07, 6.45) is 1.92. The molecule has 6 heteroatoms. The highest BCUT2D eigenvalue weighted by atomic mass is 35.5. The Morgan fingerprint density at radius 2 is 1.76 bits per heavy atom. The van der Waals surface area contributed by atoms with Crippen molar-refractivity contribution in [1.29, 1.82) is 0 Å². The molecule has 0 spiro atoms. The number of carbonyl (C=O) groups excluding carboxylic acids is 1. The number of carbonyl (C=O) groups is 1. The van der Waals surface area contributed by atoms with E-state index in [0.717, 1.165) is 31.8 Å². The van der Waals surface area contributed by atoms with Crippen LogP contribution in [0.4, 0.5) is 0 Å². The SMILES string of the molecule is NC(C(=O)c1ccc(OC2CCOCC2)cc1)c1ccc(Cl)c(Cl)c1. The smallest absolute Gasteiger partial charge is 0.184 e. The summed E-state index contributed by atoms with van der Waals surface area (Å²) in [5, 5.41) is 0.808. The summed E-state index contributed by atoms with van der Waals surface area (Å²) in [6, 6.07) is 11.2. The third-order valence-electron chi connectivity index (χ3n) is 4.20. The molecule has 3 rings (SSSR count). The molecule has 1 heterocycles. The van der Waals surface area contributed by atoms with Gasteiger partial charge in [0.2, 0.25) is 0 Å². The van der Waals surface area contributed by atoms with Crippen LogP contribution in [0.5, 0.6) is 5.75 Å². The van der Waals surface area contributed by atoms with E-state index in [0.29, 0.717) is 21.2 Å². The fourth-order valence-electron chi connectivity index (χ4n) is 2.72. The second-order valence-electron chi connectivity index (χ2n) is 5.97. The Morgan fingerprint density at radius 3 is 2.40 bits per heavy atom. The maximum absolute atomic E-state index is 12.6. The topological polar surface area (TPSA) is 61.6 Å². The van der Waals surface area contributed by atoms with E-state index in [1.165, 1.54) is 0 Å². The summed E-state index contributed by atoms with van der Waals surface area (Å²) in [4.78, 5) is 12.6. The number of Topliss-reactive ketones (excluding diaryl/α,β-unsaturated/α-hetero) is 1. The van der Waals surface area contributed by atoms with Crippen molar-refractivity contribution >= 4 is 29.0 Å². The number of rotatable bonds is 5. The number of hydrogen-bond donors (Lipinski definition) is 1. The van der Waals surface area contributed by atoms with E-state index >= 15 is 0 Å². The molecule has 0 radical (unpaired) electrons. The first kappa shape index (κ1) is 18.2. The second kappa shape index (κ2) is 8.19. The first-order valence-electron chi connectivity index (χ1n) is 8.14. The minimum atomic E-state index is -0.794. The van der Waals surface area contributed by atoms with Crippen LogP contribution in [-0.2, 0) is 4.74 Å². The van der Waals surface area contributed by atoms with Crippen LogP contribution in [0.2, 0.25) is 10.0 Å². The third-order valence-corrected chi connectivity index (χ3v) is 4.93. The van der Waals surface area contributed by atoms with Crippen LogP contribution in [0.25, 0.3) is 0 Å². The minimum Gasteiger partial charge on any atom is -0.490 e. The van der Waals surface area contributed by atoms with Crippen molar-refractivity contribution in [3.8, 4) is 5.75 Å². The first-order valence-corrected chi connectivity index (χ1v) is 8.89. The van der Waals surface area contributed by atoms with E-state index in [-0.39, 0.29) is 11.9 Å². The van der Waals surface area contributed by atoms with Gasteiger partial charge in [-0.15, -0.1) is 0 Å². The third kappa shape index (κ3) is 4.53. The van der Waals surface area contributed by atoms with Gasteiger partial charge in [-0.3, -0.25) is 4.79 Å². The summed E-state index contributed by atoms with van der Waals surface area (Å²) in [5.74, 6) is 0.558. The molecule has 2 aromatic rings. The molecule has 0 saturated carbocycles. The Morgan fingerprint density at radius 1 is 1.08 bits per heavy atom. The normalized spacial score (nSPS) is 16.4. The van der Waals surface area contributed by atoms with Crippen molar-refractivity contribution in [3.05, 3.63) is 63.6 Å². The molecule has 25 heavy (non-hydrogen) atoms. The summed E-state index contributed by atoms with van der Waals surface area (Å²) >= 11 is 11.9. The van der Waals surface area contributed by atoms with Gasteiger partial charge in [0.05, 0.1) is 29.3 Å². The summed E-state index contributed by atoms with van der Waals surface area (Å²) in [5.41, 5.74) is 7.23. The van der Waals surface area contributed by atoms with Gasteiger partial charge in [0.1, 0.15) is 11.9 Å². The molecule has 2 N–H and O–H groups in total. The Kier molecular flexibility index (Phi) is 5.97. The summed E-state index contributed by atoms with van der Waals surface area (Å²) in [6.45, 7) is 1.44. The molecule has 1 fully saturated rings. The lowest BCUT2D eigenvalue weighted by Gasteiger charge is -2.23. The average molecular weight is 380 g/mol. The zero-order valence-corrected chi connectivity index (χ0v) is 15.1. The molecule has 132 valence electrons. The quantitative estimate of drug-likeness (QED) is 0.780. The molecule has 0 bridgehead atoms. The van der Waals surface area contributed by atoms with Gasteiger partial charge in [0, 0.05) is 18.4 Å². The van der Waals surface area contributed by atoms with E-state index in [2.05, 4.69) is 0 Å². The number of ether oxygens (including phenoxy) is 2. The molecular formula is C19H19Cl2NO3.